The van der Waals surface area contributed by atoms with E-state index in [9.17, 15) is 9.65 Å². The normalized spacial score (nSPS) is 19.1. The zero-order chi connectivity index (χ0) is 14.8. The molecule has 108 valence electrons. The smallest absolute Gasteiger partial charge is 0.222 e. The monoisotopic (exact) mass is 316 g/mol. The number of hydrogen-bond acceptors (Lipinski definition) is 6. The maximum atomic E-state index is 13.7. The molecule has 2 atom stereocenters. The van der Waals surface area contributed by atoms with E-state index >= 15 is 0 Å². The van der Waals surface area contributed by atoms with Gasteiger partial charge in [0.1, 0.15) is 16.5 Å². The van der Waals surface area contributed by atoms with Crippen LogP contribution in [0.1, 0.15) is 31.6 Å². The summed E-state index contributed by atoms with van der Waals surface area (Å²) in [5.41, 5.74) is 0.0103. The fourth-order valence-electron chi connectivity index (χ4n) is 1.89. The Hall–Kier alpha value is -0.940. The van der Waals surface area contributed by atoms with Crippen LogP contribution in [0.2, 0.25) is 5.28 Å². The fraction of sp³-hybridized carbons (Fsp3) is 0.583. The molecule has 1 heterocycles. The van der Waals surface area contributed by atoms with Gasteiger partial charge in [0.15, 0.2) is 5.82 Å². The number of halogens is 2. The Balaban J connectivity index is 2.09. The molecule has 5 nitrogen and oxygen atoms in total. The first-order chi connectivity index (χ1) is 9.50. The standard InChI is InChI=1S/C12H14ClFN4OS/c1-12(6-15,7-2-3-7)20-5-9(19-16)10-8(14)4-17-11(13)18-10/h4,7,9H,2-3,5,16H2,1H3. The molecular weight excluding hydrogens is 303 g/mol. The first kappa shape index (κ1) is 15.4. The molecule has 0 amide bonds. The molecule has 1 aromatic heterocycles. The number of nitriles is 1. The third kappa shape index (κ3) is 3.38. The average molecular weight is 317 g/mol. The van der Waals surface area contributed by atoms with Crippen LogP contribution in [0, 0.1) is 23.1 Å². The molecule has 2 unspecified atom stereocenters. The molecule has 2 rings (SSSR count). The van der Waals surface area contributed by atoms with Gasteiger partial charge in [0.05, 0.1) is 12.3 Å². The summed E-state index contributed by atoms with van der Waals surface area (Å²) in [5, 5.41) is 9.22. The summed E-state index contributed by atoms with van der Waals surface area (Å²) >= 11 is 7.05. The van der Waals surface area contributed by atoms with Gasteiger partial charge in [-0.25, -0.2) is 20.3 Å². The van der Waals surface area contributed by atoms with Crippen LogP contribution in [0.4, 0.5) is 4.39 Å². The second-order valence-corrected chi connectivity index (χ2v) is 6.61. The maximum absolute atomic E-state index is 13.7. The van der Waals surface area contributed by atoms with Crippen molar-refractivity contribution < 1.29 is 9.23 Å². The highest BCUT2D eigenvalue weighted by molar-refractivity contribution is 8.00. The molecule has 0 saturated heterocycles. The minimum absolute atomic E-state index is 0.0103. The van der Waals surface area contributed by atoms with Crippen molar-refractivity contribution in [3.63, 3.8) is 0 Å². The molecule has 0 aromatic carbocycles. The molecule has 2 N–H and O–H groups in total. The molecule has 1 aliphatic carbocycles. The lowest BCUT2D eigenvalue weighted by molar-refractivity contribution is 0.0637. The highest BCUT2D eigenvalue weighted by Gasteiger charge is 2.43. The summed E-state index contributed by atoms with van der Waals surface area (Å²) in [6.07, 6.45) is 2.29. The molecule has 8 heteroatoms. The first-order valence-electron chi connectivity index (χ1n) is 6.09. The molecule has 0 spiro atoms. The van der Waals surface area contributed by atoms with Gasteiger partial charge in [0, 0.05) is 5.75 Å². The van der Waals surface area contributed by atoms with E-state index in [0.717, 1.165) is 19.0 Å². The van der Waals surface area contributed by atoms with Gasteiger partial charge in [-0.05, 0) is 37.3 Å². The Labute approximate surface area is 125 Å². The van der Waals surface area contributed by atoms with E-state index in [1.165, 1.54) is 11.8 Å². The van der Waals surface area contributed by atoms with Gasteiger partial charge in [0.25, 0.3) is 0 Å². The second kappa shape index (κ2) is 6.22. The quantitative estimate of drug-likeness (QED) is 0.641. The molecule has 1 fully saturated rings. The lowest BCUT2D eigenvalue weighted by Crippen LogP contribution is -2.24. The summed E-state index contributed by atoms with van der Waals surface area (Å²) in [4.78, 5) is 12.1. The van der Waals surface area contributed by atoms with Crippen molar-refractivity contribution in [2.24, 2.45) is 11.8 Å². The van der Waals surface area contributed by atoms with Crippen molar-refractivity contribution in [1.82, 2.24) is 9.97 Å². The van der Waals surface area contributed by atoms with Crippen LogP contribution in [-0.2, 0) is 4.84 Å². The molecule has 0 bridgehead atoms. The number of thioether (sulfide) groups is 1. The number of nitrogens with zero attached hydrogens (tertiary/aromatic N) is 3. The van der Waals surface area contributed by atoms with E-state index in [-0.39, 0.29) is 11.0 Å². The van der Waals surface area contributed by atoms with Crippen molar-refractivity contribution in [3.05, 3.63) is 23.0 Å². The predicted octanol–water partition coefficient (Wildman–Crippen LogP) is 2.63. The van der Waals surface area contributed by atoms with E-state index in [0.29, 0.717) is 11.7 Å². The topological polar surface area (TPSA) is 84.8 Å². The summed E-state index contributed by atoms with van der Waals surface area (Å²) in [7, 11) is 0. The van der Waals surface area contributed by atoms with Crippen LogP contribution < -0.4 is 5.90 Å². The molecule has 0 aliphatic heterocycles. The molecular formula is C12H14ClFN4OS. The van der Waals surface area contributed by atoms with Crippen LogP contribution >= 0.6 is 23.4 Å². The molecule has 1 saturated carbocycles. The van der Waals surface area contributed by atoms with Crippen LogP contribution in [0.3, 0.4) is 0 Å². The Bertz CT molecular complexity index is 537. The minimum Gasteiger partial charge on any atom is -0.294 e. The van der Waals surface area contributed by atoms with Gasteiger partial charge in [-0.2, -0.15) is 5.26 Å². The molecule has 0 radical (unpaired) electrons. The van der Waals surface area contributed by atoms with Gasteiger partial charge >= 0.3 is 0 Å². The summed E-state index contributed by atoms with van der Waals surface area (Å²) < 4.78 is 13.2. The van der Waals surface area contributed by atoms with E-state index in [1.807, 2.05) is 6.92 Å². The average Bonchev–Trinajstić information content (AvgIpc) is 3.27. The van der Waals surface area contributed by atoms with Crippen molar-refractivity contribution in [2.45, 2.75) is 30.6 Å². The second-order valence-electron chi connectivity index (χ2n) is 4.80. The number of rotatable bonds is 6. The van der Waals surface area contributed by atoms with E-state index in [4.69, 9.17) is 22.3 Å². The van der Waals surface area contributed by atoms with Crippen molar-refractivity contribution in [3.8, 4) is 6.07 Å². The summed E-state index contributed by atoms with van der Waals surface area (Å²) in [6.45, 7) is 1.88. The molecule has 20 heavy (non-hydrogen) atoms. The Kier molecular flexibility index (Phi) is 4.81. The number of aromatic nitrogens is 2. The SMILES string of the molecule is CC(C#N)(SCC(ON)c1nc(Cl)ncc1F)C1CC1. The summed E-state index contributed by atoms with van der Waals surface area (Å²) in [5.74, 6) is 5.28. The zero-order valence-electron chi connectivity index (χ0n) is 10.8. The number of hydrogen-bond donors (Lipinski definition) is 1. The van der Waals surface area contributed by atoms with E-state index in [2.05, 4.69) is 16.0 Å². The van der Waals surface area contributed by atoms with E-state index < -0.39 is 16.7 Å². The highest BCUT2D eigenvalue weighted by atomic mass is 35.5. The van der Waals surface area contributed by atoms with Crippen molar-refractivity contribution in [2.75, 3.05) is 5.75 Å². The molecule has 1 aromatic rings. The predicted molar refractivity (Wildman–Crippen MR) is 74.2 cm³/mol. The summed E-state index contributed by atoms with van der Waals surface area (Å²) in [6, 6.07) is 2.31. The third-order valence-corrected chi connectivity index (χ3v) is 5.00. The Morgan fingerprint density at radius 2 is 2.45 bits per heavy atom. The first-order valence-corrected chi connectivity index (χ1v) is 7.45. The maximum Gasteiger partial charge on any atom is 0.222 e. The van der Waals surface area contributed by atoms with Gasteiger partial charge < -0.3 is 0 Å². The Morgan fingerprint density at radius 1 is 1.75 bits per heavy atom. The van der Waals surface area contributed by atoms with Gasteiger partial charge in [-0.15, -0.1) is 11.8 Å². The minimum atomic E-state index is -0.771. The zero-order valence-corrected chi connectivity index (χ0v) is 12.4. The highest BCUT2D eigenvalue weighted by Crippen LogP contribution is 2.48. The third-order valence-electron chi connectivity index (χ3n) is 3.32. The Morgan fingerprint density at radius 3 is 3.00 bits per heavy atom. The van der Waals surface area contributed by atoms with Crippen LogP contribution in [0.15, 0.2) is 6.20 Å². The van der Waals surface area contributed by atoms with Crippen LogP contribution in [-0.4, -0.2) is 20.5 Å². The van der Waals surface area contributed by atoms with Gasteiger partial charge in [-0.1, -0.05) is 0 Å². The van der Waals surface area contributed by atoms with Gasteiger partial charge in [0.2, 0.25) is 5.28 Å². The number of nitrogens with two attached hydrogens (primary N) is 1. The van der Waals surface area contributed by atoms with Crippen LogP contribution in [0.5, 0.6) is 0 Å². The van der Waals surface area contributed by atoms with Gasteiger partial charge in [-0.3, -0.25) is 4.84 Å². The lowest BCUT2D eigenvalue weighted by atomic mass is 10.1. The van der Waals surface area contributed by atoms with Crippen molar-refractivity contribution >= 4 is 23.4 Å². The van der Waals surface area contributed by atoms with Crippen molar-refractivity contribution in [1.29, 1.82) is 5.26 Å². The fourth-order valence-corrected chi connectivity index (χ4v) is 3.30. The largest absolute Gasteiger partial charge is 0.294 e. The lowest BCUT2D eigenvalue weighted by Gasteiger charge is -2.23. The molecule has 1 aliphatic rings. The van der Waals surface area contributed by atoms with E-state index in [1.54, 1.807) is 0 Å². The van der Waals surface area contributed by atoms with Crippen LogP contribution in [0.25, 0.3) is 0 Å².